The van der Waals surface area contributed by atoms with Gasteiger partial charge in [-0.05, 0) is 82.8 Å². The molecule has 42 heavy (non-hydrogen) atoms. The average Bonchev–Trinajstić information content (AvgIpc) is 3.65. The summed E-state index contributed by atoms with van der Waals surface area (Å²) in [5.74, 6) is 0.176. The summed E-state index contributed by atoms with van der Waals surface area (Å²) in [5, 5.41) is 7.55. The number of carbonyl (C=O) groups excluding carboxylic acids is 3. The third-order valence-electron chi connectivity index (χ3n) is 5.26. The van der Waals surface area contributed by atoms with E-state index in [0.29, 0.717) is 10.3 Å². The Kier molecular flexibility index (Phi) is 29.6. The molecule has 2 aromatic rings. The molecule has 1 aromatic carbocycles. The normalized spacial score (nSPS) is 12.3. The molecule has 0 aliphatic carbocycles. The van der Waals surface area contributed by atoms with E-state index in [9.17, 15) is 18.4 Å². The van der Waals surface area contributed by atoms with Crippen molar-refractivity contribution in [2.24, 2.45) is 11.7 Å². The molecule has 8 nitrogen and oxygen atoms in total. The summed E-state index contributed by atoms with van der Waals surface area (Å²) in [6.07, 6.45) is 6.79. The molecule has 1 aliphatic rings. The van der Waals surface area contributed by atoms with Crippen LogP contribution in [0, 0.1) is 5.92 Å². The second-order valence-electron chi connectivity index (χ2n) is 8.86. The molecule has 0 radical (unpaired) electrons. The number of aliphatic hydroxyl groups is 1. The van der Waals surface area contributed by atoms with Crippen molar-refractivity contribution >= 4 is 48.8 Å². The quantitative estimate of drug-likeness (QED) is 0.148. The number of primary amides is 1. The number of thiophene rings is 1. The molecule has 1 aromatic heterocycles. The van der Waals surface area contributed by atoms with Gasteiger partial charge in [0, 0.05) is 23.8 Å². The van der Waals surface area contributed by atoms with E-state index in [4.69, 9.17) is 24.7 Å². The number of aldehydes is 1. The van der Waals surface area contributed by atoms with Crippen molar-refractivity contribution in [1.29, 1.82) is 0 Å². The lowest BCUT2D eigenvalue weighted by atomic mass is 10.1. The summed E-state index contributed by atoms with van der Waals surface area (Å²) in [6.45, 7) is 16.6. The Hall–Kier alpha value is -1.88. The minimum absolute atomic E-state index is 0.147. The molecule has 3 rings (SSSR count). The maximum absolute atomic E-state index is 14.6. The highest BCUT2D eigenvalue weighted by molar-refractivity contribution is 7.48. The van der Waals surface area contributed by atoms with Crippen LogP contribution in [0.5, 0.6) is 0 Å². The summed E-state index contributed by atoms with van der Waals surface area (Å²) in [6, 6.07) is 5.76. The van der Waals surface area contributed by atoms with Crippen molar-refractivity contribution in [1.82, 2.24) is 4.90 Å². The van der Waals surface area contributed by atoms with Crippen LogP contribution >= 0.6 is 19.7 Å². The minimum Gasteiger partial charge on any atom is -0.400 e. The van der Waals surface area contributed by atoms with Crippen LogP contribution in [0.4, 0.5) is 8.78 Å². The molecule has 0 atom stereocenters. The van der Waals surface area contributed by atoms with E-state index in [0.717, 1.165) is 36.9 Å². The number of nitrogens with two attached hydrogens (primary N) is 1. The van der Waals surface area contributed by atoms with Crippen LogP contribution in [-0.2, 0) is 24.3 Å². The highest BCUT2D eigenvalue weighted by Crippen LogP contribution is 2.60. The number of rotatable bonds is 11. The molecule has 3 N–H and O–H groups in total. The maximum atomic E-state index is 14.6. The number of amides is 1. The van der Waals surface area contributed by atoms with E-state index in [2.05, 4.69) is 25.8 Å². The van der Waals surface area contributed by atoms with Gasteiger partial charge in [0.25, 0.3) is 14.3 Å². The highest BCUT2D eigenvalue weighted by atomic mass is 32.1. The van der Waals surface area contributed by atoms with Crippen LogP contribution in [0.1, 0.15) is 88.9 Å². The standard InChI is InChI=1S/C14H16F2NO3PS.C7H14O.C5H11N.C2H6.CH4O.CH2O/c1-3-19-21(20-4-2)14(15,16)10-5-6-11-9(7-10)8-12(22-11)13(17)18;1-7(2)5-3-4-6-8;1-6-4-2-3-5-6;3*1-2/h5-8H,3-4H2,1-2H3,(H2,17,18);6-7H,3-5H2,1-2H3;2-5H2,1H3;1-2H3;2H,1H3;1H2. The molecule has 1 saturated heterocycles. The molecule has 2 heterocycles. The van der Waals surface area contributed by atoms with Crippen molar-refractivity contribution < 1.29 is 37.3 Å². The van der Waals surface area contributed by atoms with Gasteiger partial charge in [-0.1, -0.05) is 40.2 Å². The first kappa shape index (κ1) is 44.6. The number of likely N-dealkylation sites (tertiary alicyclic amines) is 1. The first-order chi connectivity index (χ1) is 20.1. The molecule has 0 spiro atoms. The van der Waals surface area contributed by atoms with Gasteiger partial charge in [-0.3, -0.25) is 4.79 Å². The number of fused-ring (bicyclic) bond motifs is 1. The van der Waals surface area contributed by atoms with Gasteiger partial charge < -0.3 is 34.4 Å². The lowest BCUT2D eigenvalue weighted by Crippen LogP contribution is -2.14. The topological polar surface area (TPSA) is 119 Å². The van der Waals surface area contributed by atoms with Crippen molar-refractivity contribution in [3.05, 3.63) is 34.7 Å². The fourth-order valence-corrected chi connectivity index (χ4v) is 5.49. The molecule has 0 bridgehead atoms. The monoisotopic (exact) mass is 638 g/mol. The van der Waals surface area contributed by atoms with Gasteiger partial charge in [-0.15, -0.1) is 11.3 Å². The Bertz CT molecular complexity index is 938. The Balaban J connectivity index is -0.000000623. The Morgan fingerprint density at radius 3 is 2.05 bits per heavy atom. The van der Waals surface area contributed by atoms with Crippen LogP contribution in [0.25, 0.3) is 10.1 Å². The highest BCUT2D eigenvalue weighted by Gasteiger charge is 2.44. The van der Waals surface area contributed by atoms with Gasteiger partial charge in [-0.2, -0.15) is 8.78 Å². The maximum Gasteiger partial charge on any atom is 0.339 e. The SMILES string of the molecule is C=O.CC.CC(C)CCCC=O.CCOP(OCC)C(F)(F)c1ccc2sc(C(N)=O)cc2c1.CN1CCCC1.CO. The summed E-state index contributed by atoms with van der Waals surface area (Å²) in [4.78, 5) is 31.7. The van der Waals surface area contributed by atoms with E-state index in [1.807, 2.05) is 20.6 Å². The van der Waals surface area contributed by atoms with Gasteiger partial charge in [0.2, 0.25) is 0 Å². The largest absolute Gasteiger partial charge is 0.400 e. The number of hydrogen-bond donors (Lipinski definition) is 2. The lowest BCUT2D eigenvalue weighted by Gasteiger charge is -2.25. The van der Waals surface area contributed by atoms with Crippen LogP contribution < -0.4 is 5.73 Å². The van der Waals surface area contributed by atoms with Crippen LogP contribution in [0.2, 0.25) is 0 Å². The second kappa shape index (κ2) is 27.9. The van der Waals surface area contributed by atoms with Crippen LogP contribution in [-0.4, -0.2) is 69.4 Å². The smallest absolute Gasteiger partial charge is 0.339 e. The molecule has 1 amide bonds. The number of unbranched alkanes of at least 4 members (excludes halogenated alkanes) is 1. The predicted molar refractivity (Wildman–Crippen MR) is 173 cm³/mol. The van der Waals surface area contributed by atoms with E-state index in [1.165, 1.54) is 61.9 Å². The van der Waals surface area contributed by atoms with Crippen molar-refractivity contribution in [3.63, 3.8) is 0 Å². The fraction of sp³-hybridized carbons (Fsp3) is 0.633. The van der Waals surface area contributed by atoms with E-state index < -0.39 is 19.9 Å². The molecule has 1 fully saturated rings. The Morgan fingerprint density at radius 1 is 1.14 bits per heavy atom. The number of aliphatic hydroxyl groups excluding tert-OH is 1. The van der Waals surface area contributed by atoms with E-state index >= 15 is 0 Å². The first-order valence-electron chi connectivity index (χ1n) is 14.2. The average molecular weight is 639 g/mol. The number of benzene rings is 1. The van der Waals surface area contributed by atoms with Gasteiger partial charge >= 0.3 is 5.66 Å². The second-order valence-corrected chi connectivity index (χ2v) is 11.5. The summed E-state index contributed by atoms with van der Waals surface area (Å²) in [7, 11) is 0.811. The van der Waals surface area contributed by atoms with Crippen molar-refractivity contribution in [2.75, 3.05) is 40.5 Å². The summed E-state index contributed by atoms with van der Waals surface area (Å²) >= 11 is 1.18. The zero-order valence-electron chi connectivity index (χ0n) is 26.7. The van der Waals surface area contributed by atoms with Gasteiger partial charge in [0.15, 0.2) is 0 Å². The van der Waals surface area contributed by atoms with Gasteiger partial charge in [0.1, 0.15) is 13.1 Å². The third kappa shape index (κ3) is 18.6. The number of nitrogens with zero attached hydrogens (tertiary/aromatic N) is 1. The predicted octanol–water partition coefficient (Wildman–Crippen LogP) is 7.61. The molecular weight excluding hydrogens is 585 g/mol. The Labute approximate surface area is 256 Å². The number of carbonyl (C=O) groups is 3. The van der Waals surface area contributed by atoms with E-state index in [1.54, 1.807) is 19.9 Å². The van der Waals surface area contributed by atoms with Crippen LogP contribution in [0.3, 0.4) is 0 Å². The van der Waals surface area contributed by atoms with Gasteiger partial charge in [-0.25, -0.2) is 0 Å². The van der Waals surface area contributed by atoms with Crippen molar-refractivity contribution in [2.45, 2.75) is 79.3 Å². The van der Waals surface area contributed by atoms with Crippen LogP contribution in [0.15, 0.2) is 24.3 Å². The zero-order valence-corrected chi connectivity index (χ0v) is 28.4. The summed E-state index contributed by atoms with van der Waals surface area (Å²) in [5.41, 5.74) is 1.79. The van der Waals surface area contributed by atoms with Gasteiger partial charge in [0.05, 0.1) is 18.1 Å². The molecule has 244 valence electrons. The molecule has 0 saturated carbocycles. The minimum atomic E-state index is -3.23. The third-order valence-corrected chi connectivity index (χ3v) is 8.09. The number of hydrogen-bond acceptors (Lipinski definition) is 8. The molecule has 1 aliphatic heterocycles. The fourth-order valence-electron chi connectivity index (χ4n) is 3.38. The summed E-state index contributed by atoms with van der Waals surface area (Å²) < 4.78 is 40.0. The zero-order chi connectivity index (χ0) is 33.1. The van der Waals surface area contributed by atoms with Crippen molar-refractivity contribution in [3.8, 4) is 0 Å². The lowest BCUT2D eigenvalue weighted by molar-refractivity contribution is -0.108. The molecule has 0 unspecified atom stereocenters. The molecule has 12 heteroatoms. The van der Waals surface area contributed by atoms with E-state index in [-0.39, 0.29) is 18.8 Å². The number of alkyl halides is 2. The first-order valence-corrected chi connectivity index (χ1v) is 16.2. The Morgan fingerprint density at radius 2 is 1.67 bits per heavy atom. The number of halogens is 2. The molecular formula is C30H53F2N2O6PS.